The average Bonchev–Trinajstić information content (AvgIpc) is 3.36. The van der Waals surface area contributed by atoms with E-state index in [0.717, 1.165) is 5.56 Å². The van der Waals surface area contributed by atoms with Crippen LogP contribution in [0, 0.1) is 0 Å². The Morgan fingerprint density at radius 1 is 1.03 bits per heavy atom. The number of nitrogens with zero attached hydrogens (tertiary/aromatic N) is 2. The second-order valence-corrected chi connectivity index (χ2v) is 8.23. The molecular weight excluding hydrogens is 472 g/mol. The van der Waals surface area contributed by atoms with Gasteiger partial charge in [0.2, 0.25) is 5.89 Å². The minimum Gasteiger partial charge on any atom is -0.497 e. The predicted molar refractivity (Wildman–Crippen MR) is 128 cm³/mol. The largest absolute Gasteiger partial charge is 0.497 e. The van der Waals surface area contributed by atoms with E-state index in [0.29, 0.717) is 39.4 Å². The van der Waals surface area contributed by atoms with Gasteiger partial charge in [0.25, 0.3) is 5.22 Å². The molecule has 10 nitrogen and oxygen atoms in total. The Hall–Kier alpha value is -3.99. The van der Waals surface area contributed by atoms with Crippen LogP contribution in [0.15, 0.2) is 69.4 Å². The Bertz CT molecular complexity index is 1220. The van der Waals surface area contributed by atoms with Crippen LogP contribution >= 0.6 is 11.8 Å². The number of benzene rings is 2. The lowest BCUT2D eigenvalue weighted by Gasteiger charge is -2.29. The molecule has 11 heteroatoms. The van der Waals surface area contributed by atoms with E-state index in [4.69, 9.17) is 18.6 Å². The van der Waals surface area contributed by atoms with Crippen molar-refractivity contribution in [3.05, 3.63) is 65.4 Å². The fraction of sp³-hybridized carbons (Fsp3) is 0.250. The number of thioether (sulfide) groups is 1. The van der Waals surface area contributed by atoms with Crippen LogP contribution < -0.4 is 20.1 Å². The number of carbonyl (C=O) groups is 2. The highest BCUT2D eigenvalue weighted by atomic mass is 32.2. The van der Waals surface area contributed by atoms with Gasteiger partial charge in [0, 0.05) is 17.0 Å². The summed E-state index contributed by atoms with van der Waals surface area (Å²) in [6.07, 6.45) is 0. The SMILES string of the molecule is CCOC(=O)C1=C(CSc2nnc(-c3ccc(OC)cc3)o2)NC(=O)NC1c1ccc(OC)cc1. The first-order valence-corrected chi connectivity index (χ1v) is 11.7. The van der Waals surface area contributed by atoms with E-state index < -0.39 is 18.0 Å². The van der Waals surface area contributed by atoms with Crippen molar-refractivity contribution in [3.8, 4) is 23.0 Å². The summed E-state index contributed by atoms with van der Waals surface area (Å²) < 4.78 is 21.4. The second-order valence-electron chi connectivity index (χ2n) is 7.31. The minimum atomic E-state index is -0.693. The van der Waals surface area contributed by atoms with Crippen molar-refractivity contribution in [1.29, 1.82) is 0 Å². The Balaban J connectivity index is 1.59. The number of amides is 2. The van der Waals surface area contributed by atoms with Gasteiger partial charge in [-0.05, 0) is 48.9 Å². The number of hydrogen-bond donors (Lipinski definition) is 2. The molecule has 182 valence electrons. The van der Waals surface area contributed by atoms with E-state index in [-0.39, 0.29) is 12.4 Å². The summed E-state index contributed by atoms with van der Waals surface area (Å²) in [6, 6.07) is 13.2. The Morgan fingerprint density at radius 3 is 2.31 bits per heavy atom. The monoisotopic (exact) mass is 496 g/mol. The van der Waals surface area contributed by atoms with Crippen LogP contribution in [0.2, 0.25) is 0 Å². The number of urea groups is 1. The second kappa shape index (κ2) is 11.0. The average molecular weight is 497 g/mol. The number of esters is 1. The highest BCUT2D eigenvalue weighted by Gasteiger charge is 2.34. The molecule has 1 aromatic heterocycles. The first-order chi connectivity index (χ1) is 17.0. The molecule has 0 saturated heterocycles. The van der Waals surface area contributed by atoms with Crippen molar-refractivity contribution in [2.75, 3.05) is 26.6 Å². The molecule has 1 aliphatic rings. The Labute approximate surface area is 206 Å². The molecule has 0 saturated carbocycles. The topological polar surface area (TPSA) is 125 Å². The third-order valence-electron chi connectivity index (χ3n) is 5.18. The molecule has 1 aliphatic heterocycles. The van der Waals surface area contributed by atoms with Crippen LogP contribution in [0.3, 0.4) is 0 Å². The molecule has 0 radical (unpaired) electrons. The molecule has 35 heavy (non-hydrogen) atoms. The van der Waals surface area contributed by atoms with Gasteiger partial charge in [0.05, 0.1) is 32.4 Å². The summed E-state index contributed by atoms with van der Waals surface area (Å²) in [5.41, 5.74) is 2.17. The van der Waals surface area contributed by atoms with Crippen molar-refractivity contribution in [3.63, 3.8) is 0 Å². The quantitative estimate of drug-likeness (QED) is 0.337. The number of rotatable bonds is 9. The van der Waals surface area contributed by atoms with Gasteiger partial charge in [-0.25, -0.2) is 9.59 Å². The van der Waals surface area contributed by atoms with Gasteiger partial charge in [0.15, 0.2) is 0 Å². The predicted octanol–water partition coefficient (Wildman–Crippen LogP) is 3.72. The highest BCUT2D eigenvalue weighted by molar-refractivity contribution is 7.99. The lowest BCUT2D eigenvalue weighted by Crippen LogP contribution is -2.46. The smallest absolute Gasteiger partial charge is 0.338 e. The minimum absolute atomic E-state index is 0.195. The molecule has 0 spiro atoms. The fourth-order valence-corrected chi connectivity index (χ4v) is 4.21. The summed E-state index contributed by atoms with van der Waals surface area (Å²) in [5.74, 6) is 1.41. The van der Waals surface area contributed by atoms with E-state index in [2.05, 4.69) is 20.8 Å². The van der Waals surface area contributed by atoms with E-state index >= 15 is 0 Å². The molecule has 2 amide bonds. The Morgan fingerprint density at radius 2 is 1.69 bits per heavy atom. The van der Waals surface area contributed by atoms with Crippen molar-refractivity contribution in [2.45, 2.75) is 18.2 Å². The van der Waals surface area contributed by atoms with Crippen LogP contribution in [0.5, 0.6) is 11.5 Å². The van der Waals surface area contributed by atoms with Gasteiger partial charge in [-0.3, -0.25) is 0 Å². The maximum absolute atomic E-state index is 12.9. The standard InChI is InChI=1S/C24H24N4O6S/c1-4-33-22(29)19-18(25-23(30)26-20(19)14-5-9-16(31-2)10-6-14)13-35-24-28-27-21(34-24)15-7-11-17(32-3)12-8-15/h5-12,20H,4,13H2,1-3H3,(H2,25,26,30). The molecule has 4 rings (SSSR count). The zero-order valence-corrected chi connectivity index (χ0v) is 20.2. The fourth-order valence-electron chi connectivity index (χ4n) is 3.48. The van der Waals surface area contributed by atoms with Gasteiger partial charge in [-0.2, -0.15) is 0 Å². The van der Waals surface area contributed by atoms with E-state index in [1.54, 1.807) is 57.5 Å². The zero-order valence-electron chi connectivity index (χ0n) is 19.4. The molecule has 2 N–H and O–H groups in total. The van der Waals surface area contributed by atoms with E-state index in [1.165, 1.54) is 11.8 Å². The number of methoxy groups -OCH3 is 2. The van der Waals surface area contributed by atoms with Crippen LogP contribution in [-0.2, 0) is 9.53 Å². The number of hydrogen-bond acceptors (Lipinski definition) is 9. The summed E-state index contributed by atoms with van der Waals surface area (Å²) in [7, 11) is 3.16. The number of aromatic nitrogens is 2. The molecule has 2 heterocycles. The number of nitrogens with one attached hydrogen (secondary N) is 2. The van der Waals surface area contributed by atoms with Gasteiger partial charge in [-0.1, -0.05) is 23.9 Å². The first kappa shape index (κ1) is 24.1. The molecule has 0 bridgehead atoms. The molecule has 3 aromatic rings. The zero-order chi connectivity index (χ0) is 24.8. The van der Waals surface area contributed by atoms with E-state index in [9.17, 15) is 9.59 Å². The summed E-state index contributed by atoms with van der Waals surface area (Å²) >= 11 is 1.20. The third kappa shape index (κ3) is 5.57. The van der Waals surface area contributed by atoms with Crippen molar-refractivity contribution in [1.82, 2.24) is 20.8 Å². The van der Waals surface area contributed by atoms with Crippen LogP contribution in [-0.4, -0.2) is 48.8 Å². The molecule has 2 aromatic carbocycles. The van der Waals surface area contributed by atoms with E-state index in [1.807, 2.05) is 12.1 Å². The molecule has 0 aliphatic carbocycles. The van der Waals surface area contributed by atoms with Crippen molar-refractivity contribution < 1.29 is 28.2 Å². The maximum atomic E-state index is 12.9. The van der Waals surface area contributed by atoms with Crippen molar-refractivity contribution in [2.24, 2.45) is 0 Å². The molecule has 1 unspecified atom stereocenters. The molecule has 1 atom stereocenters. The first-order valence-electron chi connectivity index (χ1n) is 10.7. The normalized spacial score (nSPS) is 15.3. The molecular formula is C24H24N4O6S. The third-order valence-corrected chi connectivity index (χ3v) is 6.03. The summed E-state index contributed by atoms with van der Waals surface area (Å²) in [6.45, 7) is 1.92. The van der Waals surface area contributed by atoms with Crippen LogP contribution in [0.25, 0.3) is 11.5 Å². The maximum Gasteiger partial charge on any atom is 0.338 e. The van der Waals surface area contributed by atoms with Gasteiger partial charge >= 0.3 is 12.0 Å². The number of carbonyl (C=O) groups excluding carboxylic acids is 2. The number of ether oxygens (including phenoxy) is 3. The highest BCUT2D eigenvalue weighted by Crippen LogP contribution is 2.32. The van der Waals surface area contributed by atoms with Gasteiger partial charge < -0.3 is 29.3 Å². The van der Waals surface area contributed by atoms with Crippen LogP contribution in [0.1, 0.15) is 18.5 Å². The van der Waals surface area contributed by atoms with Gasteiger partial charge in [0.1, 0.15) is 11.5 Å². The van der Waals surface area contributed by atoms with Gasteiger partial charge in [-0.15, -0.1) is 10.2 Å². The summed E-state index contributed by atoms with van der Waals surface area (Å²) in [5, 5.41) is 14.0. The summed E-state index contributed by atoms with van der Waals surface area (Å²) in [4.78, 5) is 25.4. The van der Waals surface area contributed by atoms with Crippen LogP contribution in [0.4, 0.5) is 4.79 Å². The Kier molecular flexibility index (Phi) is 7.56. The lowest BCUT2D eigenvalue weighted by atomic mass is 9.95. The lowest BCUT2D eigenvalue weighted by molar-refractivity contribution is -0.139. The van der Waals surface area contributed by atoms with Crippen molar-refractivity contribution >= 4 is 23.8 Å². The molecule has 0 fully saturated rings.